The first-order chi connectivity index (χ1) is 6.99. The molecule has 88 valence electrons. The Morgan fingerprint density at radius 1 is 1.20 bits per heavy atom. The van der Waals surface area contributed by atoms with Gasteiger partial charge in [-0.3, -0.25) is 0 Å². The predicted molar refractivity (Wildman–Crippen MR) is 57.9 cm³/mol. The predicted octanol–water partition coefficient (Wildman–Crippen LogP) is 2.03. The zero-order chi connectivity index (χ0) is 11.3. The molecule has 1 saturated heterocycles. The minimum Gasteiger partial charge on any atom is -0.444 e. The van der Waals surface area contributed by atoms with E-state index in [2.05, 4.69) is 0 Å². The van der Waals surface area contributed by atoms with Crippen LogP contribution in [0.25, 0.3) is 0 Å². The van der Waals surface area contributed by atoms with E-state index in [0.29, 0.717) is 0 Å². The van der Waals surface area contributed by atoms with Crippen molar-refractivity contribution in [1.82, 2.24) is 4.90 Å². The second kappa shape index (κ2) is 5.35. The first-order valence-electron chi connectivity index (χ1n) is 5.55. The maximum Gasteiger partial charge on any atom is 0.410 e. The van der Waals surface area contributed by atoms with Crippen LogP contribution in [0.15, 0.2) is 0 Å². The topological polar surface area (TPSA) is 38.8 Å². The Balaban J connectivity index is 2.42. The summed E-state index contributed by atoms with van der Waals surface area (Å²) in [6.45, 7) is 8.59. The van der Waals surface area contributed by atoms with Crippen molar-refractivity contribution in [1.29, 1.82) is 0 Å². The number of amides is 1. The molecule has 0 aromatic carbocycles. The largest absolute Gasteiger partial charge is 0.444 e. The zero-order valence-corrected chi connectivity index (χ0v) is 9.91. The van der Waals surface area contributed by atoms with Crippen molar-refractivity contribution in [2.45, 2.75) is 39.2 Å². The lowest BCUT2D eigenvalue weighted by Gasteiger charge is -2.28. The number of carbonyl (C=O) groups is 1. The van der Waals surface area contributed by atoms with E-state index in [1.54, 1.807) is 4.90 Å². The molecule has 0 aromatic rings. The normalized spacial score (nSPS) is 19.3. The Labute approximate surface area is 91.5 Å². The second-order valence-corrected chi connectivity index (χ2v) is 4.79. The molecule has 1 fully saturated rings. The fraction of sp³-hybridized carbons (Fsp3) is 0.909. The van der Waals surface area contributed by atoms with Crippen LogP contribution in [-0.2, 0) is 9.47 Å². The third kappa shape index (κ3) is 5.02. The SMILES string of the molecule is CC(C)(C)OC(=O)N1CCCOCCC1. The summed E-state index contributed by atoms with van der Waals surface area (Å²) in [6, 6.07) is 0. The molecule has 4 heteroatoms. The molecule has 0 aliphatic carbocycles. The van der Waals surface area contributed by atoms with Gasteiger partial charge in [0.25, 0.3) is 0 Å². The van der Waals surface area contributed by atoms with Gasteiger partial charge in [0.1, 0.15) is 5.60 Å². The average molecular weight is 215 g/mol. The van der Waals surface area contributed by atoms with Gasteiger partial charge in [0, 0.05) is 26.3 Å². The summed E-state index contributed by atoms with van der Waals surface area (Å²) in [4.78, 5) is 13.5. The number of nitrogens with zero attached hydrogens (tertiary/aromatic N) is 1. The van der Waals surface area contributed by atoms with Crippen molar-refractivity contribution >= 4 is 6.09 Å². The summed E-state index contributed by atoms with van der Waals surface area (Å²) in [5.41, 5.74) is -0.407. The van der Waals surface area contributed by atoms with Gasteiger partial charge in [-0.25, -0.2) is 4.79 Å². The van der Waals surface area contributed by atoms with Gasteiger partial charge < -0.3 is 14.4 Å². The summed E-state index contributed by atoms with van der Waals surface area (Å²) < 4.78 is 10.6. The van der Waals surface area contributed by atoms with Crippen molar-refractivity contribution in [3.05, 3.63) is 0 Å². The van der Waals surface area contributed by atoms with E-state index in [0.717, 1.165) is 39.1 Å². The Hall–Kier alpha value is -0.770. The fourth-order valence-electron chi connectivity index (χ4n) is 1.44. The number of hydrogen-bond acceptors (Lipinski definition) is 3. The molecule has 0 N–H and O–H groups in total. The number of rotatable bonds is 0. The first-order valence-corrected chi connectivity index (χ1v) is 5.55. The zero-order valence-electron chi connectivity index (χ0n) is 9.91. The summed E-state index contributed by atoms with van der Waals surface area (Å²) in [6.07, 6.45) is 1.57. The maximum atomic E-state index is 11.7. The van der Waals surface area contributed by atoms with E-state index in [-0.39, 0.29) is 6.09 Å². The smallest absolute Gasteiger partial charge is 0.410 e. The number of carbonyl (C=O) groups excluding carboxylic acids is 1. The van der Waals surface area contributed by atoms with E-state index >= 15 is 0 Å². The average Bonchev–Trinajstić information content (AvgIpc) is 1.98. The van der Waals surface area contributed by atoms with Gasteiger partial charge in [0.15, 0.2) is 0 Å². The van der Waals surface area contributed by atoms with Crippen LogP contribution in [0.2, 0.25) is 0 Å². The quantitative estimate of drug-likeness (QED) is 0.620. The van der Waals surface area contributed by atoms with Crippen molar-refractivity contribution < 1.29 is 14.3 Å². The van der Waals surface area contributed by atoms with Gasteiger partial charge in [-0.1, -0.05) is 0 Å². The molecule has 0 unspecified atom stereocenters. The van der Waals surface area contributed by atoms with Gasteiger partial charge in [-0.05, 0) is 33.6 Å². The Kier molecular flexibility index (Phi) is 4.39. The van der Waals surface area contributed by atoms with Crippen LogP contribution >= 0.6 is 0 Å². The molecule has 1 amide bonds. The Bertz CT molecular complexity index is 202. The second-order valence-electron chi connectivity index (χ2n) is 4.79. The fourth-order valence-corrected chi connectivity index (χ4v) is 1.44. The van der Waals surface area contributed by atoms with Crippen LogP contribution in [0.3, 0.4) is 0 Å². The van der Waals surface area contributed by atoms with Gasteiger partial charge in [0.05, 0.1) is 0 Å². The van der Waals surface area contributed by atoms with E-state index < -0.39 is 5.60 Å². The maximum absolute atomic E-state index is 11.7. The molecular formula is C11H21NO3. The highest BCUT2D eigenvalue weighted by molar-refractivity contribution is 5.68. The van der Waals surface area contributed by atoms with Gasteiger partial charge in [-0.2, -0.15) is 0 Å². The van der Waals surface area contributed by atoms with Crippen molar-refractivity contribution in [2.75, 3.05) is 26.3 Å². The standard InChI is InChI=1S/C11H21NO3/c1-11(2,3)15-10(13)12-6-4-8-14-9-5-7-12/h4-9H2,1-3H3. The van der Waals surface area contributed by atoms with Crippen LogP contribution in [0, 0.1) is 0 Å². The third-order valence-corrected chi connectivity index (χ3v) is 2.09. The van der Waals surface area contributed by atoms with Crippen LogP contribution in [0.5, 0.6) is 0 Å². The van der Waals surface area contributed by atoms with E-state index in [4.69, 9.17) is 9.47 Å². The van der Waals surface area contributed by atoms with Crippen LogP contribution in [-0.4, -0.2) is 42.9 Å². The van der Waals surface area contributed by atoms with Crippen molar-refractivity contribution in [2.24, 2.45) is 0 Å². The van der Waals surface area contributed by atoms with Gasteiger partial charge in [-0.15, -0.1) is 0 Å². The number of ether oxygens (including phenoxy) is 2. The van der Waals surface area contributed by atoms with E-state index in [1.165, 1.54) is 0 Å². The Morgan fingerprint density at radius 2 is 1.73 bits per heavy atom. The highest BCUT2D eigenvalue weighted by Crippen LogP contribution is 2.11. The molecule has 0 bridgehead atoms. The Morgan fingerprint density at radius 3 is 2.20 bits per heavy atom. The van der Waals surface area contributed by atoms with Crippen LogP contribution in [0.4, 0.5) is 4.79 Å². The van der Waals surface area contributed by atoms with Gasteiger partial charge in [0.2, 0.25) is 0 Å². The molecule has 0 saturated carbocycles. The summed E-state index contributed by atoms with van der Waals surface area (Å²) in [5, 5.41) is 0. The molecule has 0 atom stereocenters. The lowest BCUT2D eigenvalue weighted by molar-refractivity contribution is 0.0159. The number of hydrogen-bond donors (Lipinski definition) is 0. The molecule has 1 rings (SSSR count). The molecule has 0 radical (unpaired) electrons. The monoisotopic (exact) mass is 215 g/mol. The van der Waals surface area contributed by atoms with E-state index in [1.807, 2.05) is 20.8 Å². The molecule has 1 aliphatic heterocycles. The molecule has 1 heterocycles. The molecule has 1 aliphatic rings. The molecule has 0 aromatic heterocycles. The summed E-state index contributed by atoms with van der Waals surface area (Å²) >= 11 is 0. The first kappa shape index (κ1) is 12.3. The molecule has 4 nitrogen and oxygen atoms in total. The lowest BCUT2D eigenvalue weighted by Crippen LogP contribution is -2.39. The molecule has 15 heavy (non-hydrogen) atoms. The van der Waals surface area contributed by atoms with Crippen molar-refractivity contribution in [3.63, 3.8) is 0 Å². The minimum absolute atomic E-state index is 0.204. The van der Waals surface area contributed by atoms with E-state index in [9.17, 15) is 4.79 Å². The van der Waals surface area contributed by atoms with Crippen LogP contribution in [0.1, 0.15) is 33.6 Å². The highest BCUT2D eigenvalue weighted by atomic mass is 16.6. The van der Waals surface area contributed by atoms with Gasteiger partial charge >= 0.3 is 6.09 Å². The summed E-state index contributed by atoms with van der Waals surface area (Å²) in [5.74, 6) is 0. The molecule has 0 spiro atoms. The third-order valence-electron chi connectivity index (χ3n) is 2.09. The van der Waals surface area contributed by atoms with Crippen molar-refractivity contribution in [3.8, 4) is 0 Å². The lowest BCUT2D eigenvalue weighted by atomic mass is 10.2. The highest BCUT2D eigenvalue weighted by Gasteiger charge is 2.22. The minimum atomic E-state index is -0.407. The molecular weight excluding hydrogens is 194 g/mol. The summed E-state index contributed by atoms with van der Waals surface area (Å²) in [7, 11) is 0. The van der Waals surface area contributed by atoms with Crippen LogP contribution < -0.4 is 0 Å².